The van der Waals surface area contributed by atoms with Crippen LogP contribution in [0.3, 0.4) is 0 Å². The molecule has 2 fully saturated rings. The summed E-state index contributed by atoms with van der Waals surface area (Å²) in [6, 6.07) is 11.1. The van der Waals surface area contributed by atoms with Crippen LogP contribution in [0.4, 0.5) is 0 Å². The van der Waals surface area contributed by atoms with E-state index in [1.54, 1.807) is 0 Å². The van der Waals surface area contributed by atoms with Gasteiger partial charge in [0.15, 0.2) is 0 Å². The molecule has 0 amide bonds. The van der Waals surface area contributed by atoms with Gasteiger partial charge in [0.05, 0.1) is 24.9 Å². The van der Waals surface area contributed by atoms with Gasteiger partial charge in [-0.15, -0.1) is 0 Å². The molecule has 0 spiro atoms. The van der Waals surface area contributed by atoms with E-state index in [1.165, 1.54) is 5.56 Å². The smallest absolute Gasteiger partial charge is 0.0847 e. The molecule has 1 aromatic carbocycles. The molecule has 1 heterocycles. The maximum Gasteiger partial charge on any atom is 0.0847 e. The number of ether oxygens (including phenoxy) is 2. The molecule has 1 N–H and O–H groups in total. The van der Waals surface area contributed by atoms with Crippen LogP contribution in [-0.2, 0) is 15.9 Å². The summed E-state index contributed by atoms with van der Waals surface area (Å²) < 4.78 is 11.8. The van der Waals surface area contributed by atoms with Gasteiger partial charge in [-0.05, 0) is 37.7 Å². The number of nitrogens with zero attached hydrogens (tertiary/aromatic N) is 1. The first kappa shape index (κ1) is 16.9. The highest BCUT2D eigenvalue weighted by molar-refractivity contribution is 5.15. The Morgan fingerprint density at radius 2 is 2.09 bits per heavy atom. The third-order valence-electron chi connectivity index (χ3n) is 5.63. The predicted molar refractivity (Wildman–Crippen MR) is 90.5 cm³/mol. The van der Waals surface area contributed by atoms with Gasteiger partial charge in [0.1, 0.15) is 0 Å². The third kappa shape index (κ3) is 3.77. The highest BCUT2D eigenvalue weighted by Gasteiger charge is 2.50. The Bertz CT molecular complexity index is 481. The molecule has 3 rings (SSSR count). The van der Waals surface area contributed by atoms with Gasteiger partial charge in [0.2, 0.25) is 0 Å². The molecule has 1 saturated carbocycles. The molecule has 4 heteroatoms. The van der Waals surface area contributed by atoms with Crippen molar-refractivity contribution >= 4 is 0 Å². The van der Waals surface area contributed by atoms with E-state index in [-0.39, 0.29) is 18.3 Å². The van der Waals surface area contributed by atoms with Crippen LogP contribution in [0.5, 0.6) is 0 Å². The minimum atomic E-state index is 0.00969. The van der Waals surface area contributed by atoms with Gasteiger partial charge < -0.3 is 14.6 Å². The summed E-state index contributed by atoms with van der Waals surface area (Å²) in [6.07, 6.45) is 5.58. The van der Waals surface area contributed by atoms with Crippen LogP contribution in [-0.4, -0.2) is 61.2 Å². The van der Waals surface area contributed by atoms with Crippen molar-refractivity contribution in [3.63, 3.8) is 0 Å². The van der Waals surface area contributed by atoms with Crippen LogP contribution in [0.2, 0.25) is 0 Å². The van der Waals surface area contributed by atoms with E-state index >= 15 is 0 Å². The zero-order chi connectivity index (χ0) is 16.1. The van der Waals surface area contributed by atoms with Crippen LogP contribution >= 0.6 is 0 Å². The molecule has 4 nitrogen and oxygen atoms in total. The maximum atomic E-state index is 8.98. The Morgan fingerprint density at radius 1 is 1.26 bits per heavy atom. The zero-order valence-electron chi connectivity index (χ0n) is 14.1. The van der Waals surface area contributed by atoms with Gasteiger partial charge in [0.25, 0.3) is 0 Å². The second-order valence-electron chi connectivity index (χ2n) is 6.80. The van der Waals surface area contributed by atoms with E-state index in [4.69, 9.17) is 14.6 Å². The first-order chi connectivity index (χ1) is 11.3. The lowest BCUT2D eigenvalue weighted by atomic mass is 9.79. The standard InChI is InChI=1S/C19H29NO3/c1-22-19-9-7-17(23-14-13-21)15-18(19)20(12-10-19)11-8-16-5-3-2-4-6-16/h2-6,17-18,21H,7-15H2,1H3/t17-,18-,19+/m0/s1. The lowest BCUT2D eigenvalue weighted by molar-refractivity contribution is -0.103. The number of likely N-dealkylation sites (tertiary alicyclic amines) is 1. The molecule has 0 aromatic heterocycles. The summed E-state index contributed by atoms with van der Waals surface area (Å²) in [5.74, 6) is 0. The molecule has 0 unspecified atom stereocenters. The fraction of sp³-hybridized carbons (Fsp3) is 0.684. The molecule has 0 radical (unpaired) electrons. The van der Waals surface area contributed by atoms with Gasteiger partial charge in [-0.1, -0.05) is 30.3 Å². The molecule has 128 valence electrons. The molecule has 3 atom stereocenters. The van der Waals surface area contributed by atoms with Crippen molar-refractivity contribution in [2.45, 2.75) is 49.9 Å². The first-order valence-electron chi connectivity index (χ1n) is 8.83. The summed E-state index contributed by atoms with van der Waals surface area (Å²) >= 11 is 0. The van der Waals surface area contributed by atoms with Crippen molar-refractivity contribution < 1.29 is 14.6 Å². The summed E-state index contributed by atoms with van der Waals surface area (Å²) in [7, 11) is 1.86. The first-order valence-corrected chi connectivity index (χ1v) is 8.83. The largest absolute Gasteiger partial charge is 0.394 e. The molecule has 1 aliphatic carbocycles. The third-order valence-corrected chi connectivity index (χ3v) is 5.63. The summed E-state index contributed by atoms with van der Waals surface area (Å²) in [5, 5.41) is 8.98. The van der Waals surface area contributed by atoms with Crippen molar-refractivity contribution in [2.24, 2.45) is 0 Å². The van der Waals surface area contributed by atoms with Gasteiger partial charge >= 0.3 is 0 Å². The molecular weight excluding hydrogens is 290 g/mol. The van der Waals surface area contributed by atoms with Gasteiger partial charge in [-0.3, -0.25) is 4.90 Å². The zero-order valence-corrected chi connectivity index (χ0v) is 14.1. The second kappa shape index (κ2) is 7.75. The number of rotatable bonds is 7. The van der Waals surface area contributed by atoms with E-state index in [0.717, 1.165) is 45.2 Å². The maximum absolute atomic E-state index is 8.98. The van der Waals surface area contributed by atoms with E-state index in [1.807, 2.05) is 7.11 Å². The van der Waals surface area contributed by atoms with Gasteiger partial charge in [-0.2, -0.15) is 0 Å². The molecule has 1 aliphatic heterocycles. The minimum Gasteiger partial charge on any atom is -0.394 e. The van der Waals surface area contributed by atoms with E-state index < -0.39 is 0 Å². The van der Waals surface area contributed by atoms with Crippen LogP contribution in [0.25, 0.3) is 0 Å². The van der Waals surface area contributed by atoms with Crippen molar-refractivity contribution in [1.82, 2.24) is 4.90 Å². The summed E-state index contributed by atoms with van der Waals surface area (Å²) in [4.78, 5) is 2.59. The molecular formula is C19H29NO3. The van der Waals surface area contributed by atoms with Crippen LogP contribution < -0.4 is 0 Å². The van der Waals surface area contributed by atoms with Crippen LogP contribution in [0.1, 0.15) is 31.2 Å². The highest BCUT2D eigenvalue weighted by atomic mass is 16.5. The number of hydrogen-bond acceptors (Lipinski definition) is 4. The summed E-state index contributed by atoms with van der Waals surface area (Å²) in [6.45, 7) is 2.74. The molecule has 1 saturated heterocycles. The molecule has 0 bridgehead atoms. The Kier molecular flexibility index (Phi) is 5.70. The SMILES string of the molecule is CO[C@@]12CC[C@H](OCCO)C[C@@H]1N(CCc1ccccc1)CC2. The molecule has 1 aromatic rings. The van der Waals surface area contributed by atoms with E-state index in [2.05, 4.69) is 35.2 Å². The van der Waals surface area contributed by atoms with Crippen molar-refractivity contribution in [2.75, 3.05) is 33.4 Å². The van der Waals surface area contributed by atoms with Crippen molar-refractivity contribution in [3.05, 3.63) is 35.9 Å². The fourth-order valence-electron chi connectivity index (χ4n) is 4.31. The lowest BCUT2D eigenvalue weighted by Gasteiger charge is -2.43. The van der Waals surface area contributed by atoms with Crippen molar-refractivity contribution in [3.8, 4) is 0 Å². The van der Waals surface area contributed by atoms with E-state index in [0.29, 0.717) is 12.6 Å². The average Bonchev–Trinajstić information content (AvgIpc) is 2.97. The van der Waals surface area contributed by atoms with Crippen LogP contribution in [0, 0.1) is 0 Å². The molecule has 23 heavy (non-hydrogen) atoms. The minimum absolute atomic E-state index is 0.00969. The number of hydrogen-bond donors (Lipinski definition) is 1. The van der Waals surface area contributed by atoms with Gasteiger partial charge in [0, 0.05) is 26.2 Å². The summed E-state index contributed by atoms with van der Waals surface area (Å²) in [5.41, 5.74) is 1.40. The Hall–Kier alpha value is -0.940. The average molecular weight is 319 g/mol. The Balaban J connectivity index is 1.62. The van der Waals surface area contributed by atoms with Gasteiger partial charge in [-0.25, -0.2) is 0 Å². The van der Waals surface area contributed by atoms with Crippen LogP contribution in [0.15, 0.2) is 30.3 Å². The Labute approximate surface area is 139 Å². The van der Waals surface area contributed by atoms with Crippen molar-refractivity contribution in [1.29, 1.82) is 0 Å². The number of aliphatic hydroxyl groups excluding tert-OH is 1. The predicted octanol–water partition coefficient (Wildman–Crippen LogP) is 2.25. The quantitative estimate of drug-likeness (QED) is 0.837. The fourth-order valence-corrected chi connectivity index (χ4v) is 4.31. The second-order valence-corrected chi connectivity index (χ2v) is 6.80. The number of aliphatic hydroxyl groups is 1. The normalized spacial score (nSPS) is 31.2. The monoisotopic (exact) mass is 319 g/mol. The highest BCUT2D eigenvalue weighted by Crippen LogP contribution is 2.43. The lowest BCUT2D eigenvalue weighted by Crippen LogP contribution is -2.52. The topological polar surface area (TPSA) is 41.9 Å². The molecule has 2 aliphatic rings. The number of benzene rings is 1. The number of fused-ring (bicyclic) bond motifs is 1. The Morgan fingerprint density at radius 3 is 2.83 bits per heavy atom. The number of methoxy groups -OCH3 is 1. The van der Waals surface area contributed by atoms with E-state index in [9.17, 15) is 0 Å².